The highest BCUT2D eigenvalue weighted by Gasteiger charge is 2.34. The van der Waals surface area contributed by atoms with Crippen LogP contribution in [-0.2, 0) is 11.2 Å². The third-order valence-corrected chi connectivity index (χ3v) is 4.57. The molecular formula is C15H15F2N3O2S. The number of nitrogens with zero attached hydrogens (tertiary/aromatic N) is 3. The van der Waals surface area contributed by atoms with E-state index in [1.807, 2.05) is 0 Å². The second-order valence-corrected chi connectivity index (χ2v) is 6.94. The summed E-state index contributed by atoms with van der Waals surface area (Å²) >= 11 is -1.41. The van der Waals surface area contributed by atoms with Crippen molar-refractivity contribution < 1.29 is 18.4 Å². The highest BCUT2D eigenvalue weighted by molar-refractivity contribution is 7.90. The molecule has 0 aliphatic heterocycles. The molecule has 0 radical (unpaired) electrons. The Balaban J connectivity index is 2.30. The number of rotatable bonds is 3. The first-order valence-corrected chi connectivity index (χ1v) is 8.58. The molecule has 1 aliphatic rings. The fraction of sp³-hybridized carbons (Fsp3) is 0.400. The number of hydrogen-bond acceptors (Lipinski definition) is 5. The van der Waals surface area contributed by atoms with Crippen LogP contribution in [-0.4, -0.2) is 36.5 Å². The van der Waals surface area contributed by atoms with Gasteiger partial charge in [0.1, 0.15) is 17.5 Å². The smallest absolute Gasteiger partial charge is 0.343 e. The van der Waals surface area contributed by atoms with Crippen LogP contribution in [0.2, 0.25) is 0 Å². The fourth-order valence-electron chi connectivity index (χ4n) is 2.69. The Morgan fingerprint density at radius 3 is 2.70 bits per heavy atom. The summed E-state index contributed by atoms with van der Waals surface area (Å²) in [5, 5.41) is 11.0. The molecule has 5 nitrogen and oxygen atoms in total. The second kappa shape index (κ2) is 5.77. The number of halogens is 2. The molecule has 122 valence electrons. The van der Waals surface area contributed by atoms with Crippen LogP contribution in [0.15, 0.2) is 23.5 Å². The summed E-state index contributed by atoms with van der Waals surface area (Å²) in [5.41, 5.74) is -0.559. The van der Waals surface area contributed by atoms with Crippen molar-refractivity contribution in [1.82, 2.24) is 15.0 Å². The van der Waals surface area contributed by atoms with Gasteiger partial charge < -0.3 is 9.66 Å². The number of allylic oxidation sites excluding steroid dienone is 1. The maximum Gasteiger partial charge on any atom is 0.343 e. The molecule has 0 fully saturated rings. The molecule has 1 aliphatic carbocycles. The Morgan fingerprint density at radius 1 is 1.39 bits per heavy atom. The Bertz CT molecular complexity index is 794. The molecule has 0 saturated carbocycles. The molecule has 2 aromatic rings. The van der Waals surface area contributed by atoms with E-state index in [1.165, 1.54) is 18.5 Å². The molecular weight excluding hydrogens is 324 g/mol. The van der Waals surface area contributed by atoms with Gasteiger partial charge in [-0.25, -0.2) is 13.8 Å². The summed E-state index contributed by atoms with van der Waals surface area (Å²) in [6, 6.07) is 1.22. The molecule has 3 rings (SSSR count). The second-order valence-electron chi connectivity index (χ2n) is 5.67. The highest BCUT2D eigenvalue weighted by Crippen LogP contribution is 2.39. The van der Waals surface area contributed by atoms with Gasteiger partial charge in [-0.2, -0.15) is 9.97 Å². The van der Waals surface area contributed by atoms with Gasteiger partial charge in [-0.05, 0) is 25.8 Å². The van der Waals surface area contributed by atoms with Gasteiger partial charge in [0.15, 0.2) is 0 Å². The SMILES string of the molecule is C[S+]([O-])c1ncc2cc(C(F)F)nc(C3=CCCC3(C)O)c2n1. The summed E-state index contributed by atoms with van der Waals surface area (Å²) in [7, 11) is 0. The van der Waals surface area contributed by atoms with E-state index in [0.29, 0.717) is 29.3 Å². The van der Waals surface area contributed by atoms with E-state index in [9.17, 15) is 18.4 Å². The number of fused-ring (bicyclic) bond motifs is 1. The average Bonchev–Trinajstić information content (AvgIpc) is 2.84. The Hall–Kier alpha value is -1.64. The quantitative estimate of drug-likeness (QED) is 0.687. The summed E-state index contributed by atoms with van der Waals surface area (Å²) in [6.45, 7) is 1.62. The molecule has 8 heteroatoms. The molecule has 0 bridgehead atoms. The molecule has 2 atom stereocenters. The van der Waals surface area contributed by atoms with E-state index in [0.717, 1.165) is 0 Å². The van der Waals surface area contributed by atoms with Gasteiger partial charge in [0.2, 0.25) is 0 Å². The Morgan fingerprint density at radius 2 is 2.13 bits per heavy atom. The van der Waals surface area contributed by atoms with Crippen molar-refractivity contribution >= 4 is 27.7 Å². The van der Waals surface area contributed by atoms with Gasteiger partial charge in [-0.15, -0.1) is 0 Å². The van der Waals surface area contributed by atoms with Crippen LogP contribution in [0.5, 0.6) is 0 Å². The Labute approximate surface area is 134 Å². The maximum absolute atomic E-state index is 13.1. The maximum atomic E-state index is 13.1. The zero-order chi connectivity index (χ0) is 16.8. The monoisotopic (exact) mass is 339 g/mol. The minimum Gasteiger partial charge on any atom is -0.609 e. The number of hydrogen-bond donors (Lipinski definition) is 1. The standard InChI is InChI=1S/C15H15F2N3O2S/c1-15(21)5-3-4-9(15)12-11-8(6-10(19-12)13(16)17)7-18-14(20-11)23(2)22/h4,6-7,13,21H,3,5H2,1-2H3. The molecule has 23 heavy (non-hydrogen) atoms. The van der Waals surface area contributed by atoms with E-state index in [-0.39, 0.29) is 10.9 Å². The average molecular weight is 339 g/mol. The van der Waals surface area contributed by atoms with Gasteiger partial charge in [-0.3, -0.25) is 0 Å². The summed E-state index contributed by atoms with van der Waals surface area (Å²) in [6.07, 6.45) is 2.95. The molecule has 0 aromatic carbocycles. The zero-order valence-electron chi connectivity index (χ0n) is 12.6. The minimum atomic E-state index is -2.75. The van der Waals surface area contributed by atoms with Crippen LogP contribution in [0.4, 0.5) is 8.78 Å². The molecule has 0 saturated heterocycles. The van der Waals surface area contributed by atoms with Gasteiger partial charge in [0.25, 0.3) is 6.43 Å². The summed E-state index contributed by atoms with van der Waals surface area (Å²) < 4.78 is 37.9. The van der Waals surface area contributed by atoms with E-state index in [1.54, 1.807) is 13.0 Å². The van der Waals surface area contributed by atoms with Crippen molar-refractivity contribution in [2.45, 2.75) is 36.9 Å². The summed E-state index contributed by atoms with van der Waals surface area (Å²) in [5.74, 6) is 0. The van der Waals surface area contributed by atoms with E-state index >= 15 is 0 Å². The third kappa shape index (κ3) is 2.93. The lowest BCUT2D eigenvalue weighted by Crippen LogP contribution is -2.23. The van der Waals surface area contributed by atoms with Crippen molar-refractivity contribution in [2.24, 2.45) is 0 Å². The van der Waals surface area contributed by atoms with Crippen LogP contribution in [0.25, 0.3) is 16.5 Å². The number of aliphatic hydroxyl groups is 1. The van der Waals surface area contributed by atoms with Crippen molar-refractivity contribution in [1.29, 1.82) is 0 Å². The van der Waals surface area contributed by atoms with Gasteiger partial charge in [-0.1, -0.05) is 6.08 Å². The third-order valence-electron chi connectivity index (χ3n) is 3.86. The van der Waals surface area contributed by atoms with E-state index in [4.69, 9.17) is 0 Å². The van der Waals surface area contributed by atoms with Crippen LogP contribution in [0.3, 0.4) is 0 Å². The normalized spacial score (nSPS) is 22.7. The number of aromatic nitrogens is 3. The molecule has 1 N–H and O–H groups in total. The van der Waals surface area contributed by atoms with Crippen molar-refractivity contribution in [3.05, 3.63) is 29.7 Å². The lowest BCUT2D eigenvalue weighted by atomic mass is 9.94. The van der Waals surface area contributed by atoms with Gasteiger partial charge >= 0.3 is 5.16 Å². The highest BCUT2D eigenvalue weighted by atomic mass is 32.2. The largest absolute Gasteiger partial charge is 0.609 e. The van der Waals surface area contributed by atoms with E-state index < -0.39 is 28.9 Å². The van der Waals surface area contributed by atoms with Crippen LogP contribution in [0.1, 0.15) is 37.6 Å². The van der Waals surface area contributed by atoms with Crippen LogP contribution < -0.4 is 0 Å². The van der Waals surface area contributed by atoms with Crippen molar-refractivity contribution in [3.8, 4) is 0 Å². The Kier molecular flexibility index (Phi) is 4.07. The first-order chi connectivity index (χ1) is 10.8. The summed E-state index contributed by atoms with van der Waals surface area (Å²) in [4.78, 5) is 12.2. The molecule has 2 aromatic heterocycles. The van der Waals surface area contributed by atoms with Gasteiger partial charge in [0, 0.05) is 28.3 Å². The fourth-order valence-corrected chi connectivity index (χ4v) is 3.11. The lowest BCUT2D eigenvalue weighted by molar-refractivity contribution is 0.121. The van der Waals surface area contributed by atoms with Crippen molar-refractivity contribution in [2.75, 3.05) is 6.26 Å². The topological polar surface area (TPSA) is 82.0 Å². The molecule has 2 unspecified atom stereocenters. The minimum absolute atomic E-state index is 0.101. The van der Waals surface area contributed by atoms with Crippen molar-refractivity contribution in [3.63, 3.8) is 0 Å². The first-order valence-electron chi connectivity index (χ1n) is 7.02. The molecule has 0 spiro atoms. The first kappa shape index (κ1) is 16.2. The number of alkyl halides is 2. The predicted octanol–water partition coefficient (Wildman–Crippen LogP) is 2.63. The van der Waals surface area contributed by atoms with Crippen LogP contribution in [0, 0.1) is 0 Å². The molecule has 2 heterocycles. The van der Waals surface area contributed by atoms with E-state index in [2.05, 4.69) is 15.0 Å². The zero-order valence-corrected chi connectivity index (χ0v) is 13.4. The van der Waals surface area contributed by atoms with Gasteiger partial charge in [0.05, 0.1) is 11.3 Å². The molecule has 0 amide bonds. The lowest BCUT2D eigenvalue weighted by Gasteiger charge is -2.22. The van der Waals surface area contributed by atoms with Crippen LogP contribution >= 0.6 is 0 Å². The number of pyridine rings is 1. The predicted molar refractivity (Wildman–Crippen MR) is 82.5 cm³/mol.